The standard InChI is InChI=1S/C29H31O3S/c1-28(2,3)20-21-29(4,5)32-27(30)22-31-23-16-18-26(19-17-23)33(24-12-8-6-9-13-24)25-14-10-7-11-15-25/h6-19H,22H2,1-5H3/q+1. The molecule has 3 aromatic rings. The zero-order valence-electron chi connectivity index (χ0n) is 19.9. The molecular formula is C29H31O3S+. The normalized spacial score (nSPS) is 11.5. The summed E-state index contributed by atoms with van der Waals surface area (Å²) < 4.78 is 11.2. The molecule has 0 spiro atoms. The molecule has 0 radical (unpaired) electrons. The maximum absolute atomic E-state index is 12.3. The van der Waals surface area contributed by atoms with Crippen LogP contribution in [0.2, 0.25) is 0 Å². The summed E-state index contributed by atoms with van der Waals surface area (Å²) in [6.07, 6.45) is 0. The van der Waals surface area contributed by atoms with Crippen LogP contribution in [-0.2, 0) is 20.4 Å². The minimum Gasteiger partial charge on any atom is -0.482 e. The molecule has 0 N–H and O–H groups in total. The predicted molar refractivity (Wildman–Crippen MR) is 134 cm³/mol. The molecule has 0 saturated heterocycles. The molecule has 3 rings (SSSR count). The Bertz CT molecular complexity index is 1060. The maximum atomic E-state index is 12.3. The van der Waals surface area contributed by atoms with Crippen LogP contribution in [-0.4, -0.2) is 18.2 Å². The third kappa shape index (κ3) is 7.73. The molecule has 0 unspecified atom stereocenters. The van der Waals surface area contributed by atoms with Crippen molar-refractivity contribution in [1.29, 1.82) is 0 Å². The average molecular weight is 460 g/mol. The Morgan fingerprint density at radius 1 is 0.727 bits per heavy atom. The number of hydrogen-bond donors (Lipinski definition) is 0. The van der Waals surface area contributed by atoms with E-state index >= 15 is 0 Å². The highest BCUT2D eigenvalue weighted by Crippen LogP contribution is 2.31. The van der Waals surface area contributed by atoms with Gasteiger partial charge >= 0.3 is 5.97 Å². The van der Waals surface area contributed by atoms with Gasteiger partial charge in [0.05, 0.1) is 10.9 Å². The second-order valence-electron chi connectivity index (χ2n) is 9.18. The molecular weight excluding hydrogens is 428 g/mol. The van der Waals surface area contributed by atoms with Crippen molar-refractivity contribution in [2.75, 3.05) is 6.61 Å². The number of rotatable bonds is 7. The predicted octanol–water partition coefficient (Wildman–Crippen LogP) is 6.53. The average Bonchev–Trinajstić information content (AvgIpc) is 2.78. The van der Waals surface area contributed by atoms with Crippen molar-refractivity contribution in [3.8, 4) is 17.6 Å². The lowest BCUT2D eigenvalue weighted by molar-refractivity contribution is -0.154. The first-order valence-corrected chi connectivity index (χ1v) is 12.2. The summed E-state index contributed by atoms with van der Waals surface area (Å²) in [6, 6.07) is 28.9. The second-order valence-corrected chi connectivity index (χ2v) is 11.2. The second kappa shape index (κ2) is 10.6. The quantitative estimate of drug-likeness (QED) is 0.229. The molecule has 4 heteroatoms. The van der Waals surface area contributed by atoms with Crippen LogP contribution in [0, 0.1) is 17.3 Å². The first kappa shape index (κ1) is 24.5. The van der Waals surface area contributed by atoms with Crippen LogP contribution < -0.4 is 4.74 Å². The van der Waals surface area contributed by atoms with E-state index in [9.17, 15) is 4.79 Å². The first-order valence-electron chi connectivity index (χ1n) is 11.0. The van der Waals surface area contributed by atoms with Crippen LogP contribution in [0.25, 0.3) is 0 Å². The van der Waals surface area contributed by atoms with Crippen molar-refractivity contribution in [2.45, 2.75) is 54.9 Å². The summed E-state index contributed by atoms with van der Waals surface area (Å²) in [5.74, 6) is 6.33. The number of carbonyl (C=O) groups excluding carboxylic acids is 1. The van der Waals surface area contributed by atoms with E-state index in [4.69, 9.17) is 9.47 Å². The van der Waals surface area contributed by atoms with Gasteiger partial charge in [0, 0.05) is 5.41 Å². The van der Waals surface area contributed by atoms with E-state index < -0.39 is 11.6 Å². The smallest absolute Gasteiger partial charge is 0.345 e. The molecule has 0 fully saturated rings. The third-order valence-corrected chi connectivity index (χ3v) is 6.71. The molecule has 0 saturated carbocycles. The molecule has 170 valence electrons. The zero-order valence-corrected chi connectivity index (χ0v) is 20.7. The van der Waals surface area contributed by atoms with Gasteiger partial charge in [-0.25, -0.2) is 4.79 Å². The highest BCUT2D eigenvalue weighted by molar-refractivity contribution is 7.97. The summed E-state index contributed by atoms with van der Waals surface area (Å²) in [5.41, 5.74) is -1.02. The molecule has 33 heavy (non-hydrogen) atoms. The molecule has 0 amide bonds. The third-order valence-electron chi connectivity index (χ3n) is 4.48. The van der Waals surface area contributed by atoms with E-state index in [1.165, 1.54) is 14.7 Å². The number of hydrogen-bond acceptors (Lipinski definition) is 3. The summed E-state index contributed by atoms with van der Waals surface area (Å²) in [6.45, 7) is 9.46. The molecule has 3 nitrogen and oxygen atoms in total. The Hall–Kier alpha value is -3.16. The van der Waals surface area contributed by atoms with Crippen LogP contribution in [0.4, 0.5) is 0 Å². The van der Waals surface area contributed by atoms with Crippen LogP contribution in [0.1, 0.15) is 34.6 Å². The van der Waals surface area contributed by atoms with Crippen molar-refractivity contribution >= 4 is 16.9 Å². The van der Waals surface area contributed by atoms with Crippen LogP contribution in [0.3, 0.4) is 0 Å². The fourth-order valence-corrected chi connectivity index (χ4v) is 5.10. The Labute approximate surface area is 200 Å². The molecule has 0 aromatic heterocycles. The highest BCUT2D eigenvalue weighted by atomic mass is 32.2. The Balaban J connectivity index is 1.68. The van der Waals surface area contributed by atoms with Gasteiger partial charge < -0.3 is 9.47 Å². The Morgan fingerprint density at radius 3 is 1.70 bits per heavy atom. The molecule has 0 aliphatic carbocycles. The van der Waals surface area contributed by atoms with Crippen LogP contribution in [0.15, 0.2) is 99.6 Å². The van der Waals surface area contributed by atoms with E-state index in [-0.39, 0.29) is 22.9 Å². The van der Waals surface area contributed by atoms with Crippen LogP contribution >= 0.6 is 0 Å². The molecule has 0 bridgehead atoms. The highest BCUT2D eigenvalue weighted by Gasteiger charge is 2.28. The van der Waals surface area contributed by atoms with Crippen LogP contribution in [0.5, 0.6) is 5.75 Å². The molecule has 0 aliphatic heterocycles. The van der Waals surface area contributed by atoms with E-state index in [1.807, 2.05) is 45.0 Å². The molecule has 0 aliphatic rings. The summed E-state index contributed by atoms with van der Waals surface area (Å²) in [4.78, 5) is 16.0. The van der Waals surface area contributed by atoms with E-state index in [1.54, 1.807) is 13.8 Å². The SMILES string of the molecule is CC(C)(C)C#CC(C)(C)OC(=O)COc1ccc([S+](c2ccccc2)c2ccccc2)cc1. The van der Waals surface area contributed by atoms with Gasteiger partial charge in [0.1, 0.15) is 5.75 Å². The number of carbonyl (C=O) groups is 1. The van der Waals surface area contributed by atoms with Crippen molar-refractivity contribution in [2.24, 2.45) is 5.41 Å². The Kier molecular flexibility index (Phi) is 7.89. The largest absolute Gasteiger partial charge is 0.482 e. The van der Waals surface area contributed by atoms with Crippen molar-refractivity contribution in [1.82, 2.24) is 0 Å². The number of ether oxygens (including phenoxy) is 2. The summed E-state index contributed by atoms with van der Waals surface area (Å²) in [5, 5.41) is 0. The van der Waals surface area contributed by atoms with Gasteiger partial charge in [0.15, 0.2) is 26.9 Å². The van der Waals surface area contributed by atoms with Crippen molar-refractivity contribution in [3.05, 3.63) is 84.9 Å². The van der Waals surface area contributed by atoms with Gasteiger partial charge in [-0.3, -0.25) is 0 Å². The van der Waals surface area contributed by atoms with Gasteiger partial charge in [-0.2, -0.15) is 0 Å². The number of benzene rings is 3. The maximum Gasteiger partial charge on any atom is 0.345 e. The topological polar surface area (TPSA) is 35.5 Å². The van der Waals surface area contributed by atoms with E-state index in [0.29, 0.717) is 5.75 Å². The lowest BCUT2D eigenvalue weighted by atomic mass is 9.96. The van der Waals surface area contributed by atoms with Gasteiger partial charge in [-0.15, -0.1) is 0 Å². The lowest BCUT2D eigenvalue weighted by Crippen LogP contribution is -2.29. The fourth-order valence-electron chi connectivity index (χ4n) is 3.01. The monoisotopic (exact) mass is 459 g/mol. The van der Waals surface area contributed by atoms with Gasteiger partial charge in [0.2, 0.25) is 0 Å². The number of esters is 1. The van der Waals surface area contributed by atoms with Gasteiger partial charge in [-0.1, -0.05) is 48.2 Å². The van der Waals surface area contributed by atoms with E-state index in [0.717, 1.165) is 0 Å². The fraction of sp³-hybridized carbons (Fsp3) is 0.276. The zero-order chi connectivity index (χ0) is 23.9. The minimum atomic E-state index is -0.864. The molecule has 3 aromatic carbocycles. The van der Waals surface area contributed by atoms with Gasteiger partial charge in [0.25, 0.3) is 0 Å². The summed E-state index contributed by atoms with van der Waals surface area (Å²) in [7, 11) is -0.221. The van der Waals surface area contributed by atoms with Crippen molar-refractivity contribution < 1.29 is 14.3 Å². The first-order chi connectivity index (χ1) is 15.6. The molecule has 0 atom stereocenters. The minimum absolute atomic E-state index is 0.153. The molecule has 0 heterocycles. The van der Waals surface area contributed by atoms with Crippen molar-refractivity contribution in [3.63, 3.8) is 0 Å². The van der Waals surface area contributed by atoms with Gasteiger partial charge in [-0.05, 0) is 83.1 Å². The van der Waals surface area contributed by atoms with E-state index in [2.05, 4.69) is 72.5 Å². The lowest BCUT2D eigenvalue weighted by Gasteiger charge is -2.20. The summed E-state index contributed by atoms with van der Waals surface area (Å²) >= 11 is 0. The Morgan fingerprint density at radius 2 is 1.21 bits per heavy atom.